The minimum Gasteiger partial charge on any atom is -0.475 e. The van der Waals surface area contributed by atoms with Crippen molar-refractivity contribution < 1.29 is 18.3 Å². The Balaban J connectivity index is 1.37. The molecule has 10 heteroatoms. The number of aromatic nitrogens is 1. The van der Waals surface area contributed by atoms with Crippen molar-refractivity contribution in [3.05, 3.63) is 77.6 Å². The fraction of sp³-hybridized carbons (Fsp3) is 0.324. The van der Waals surface area contributed by atoms with Crippen LogP contribution in [0.4, 0.5) is 14.5 Å². The van der Waals surface area contributed by atoms with E-state index in [-0.39, 0.29) is 47.6 Å². The van der Waals surface area contributed by atoms with Crippen molar-refractivity contribution >= 4 is 44.9 Å². The van der Waals surface area contributed by atoms with E-state index in [2.05, 4.69) is 22.5 Å². The second-order valence-electron chi connectivity index (χ2n) is 11.8. The first-order valence-corrected chi connectivity index (χ1v) is 15.1. The third-order valence-electron chi connectivity index (χ3n) is 9.38. The molecule has 7 nitrogen and oxygen atoms in total. The van der Waals surface area contributed by atoms with Crippen molar-refractivity contribution in [1.29, 1.82) is 5.26 Å². The molecule has 3 saturated heterocycles. The molecule has 3 aromatic carbocycles. The number of benzene rings is 3. The van der Waals surface area contributed by atoms with E-state index in [1.165, 1.54) is 6.08 Å². The second kappa shape index (κ2) is 11.0. The summed E-state index contributed by atoms with van der Waals surface area (Å²) >= 11 is 6.60. The van der Waals surface area contributed by atoms with E-state index in [0.29, 0.717) is 59.7 Å². The molecule has 3 aliphatic heterocycles. The van der Waals surface area contributed by atoms with Crippen molar-refractivity contribution in [2.24, 2.45) is 0 Å². The van der Waals surface area contributed by atoms with Crippen LogP contribution in [-0.2, 0) is 4.79 Å². The first-order valence-electron chi connectivity index (χ1n) is 14.7. The summed E-state index contributed by atoms with van der Waals surface area (Å²) in [5.41, 5.74) is 1.75. The number of anilines is 1. The lowest BCUT2D eigenvalue weighted by Gasteiger charge is -2.48. The average molecular weight is 614 g/mol. The van der Waals surface area contributed by atoms with E-state index in [9.17, 15) is 14.4 Å². The van der Waals surface area contributed by atoms with Crippen molar-refractivity contribution in [2.45, 2.75) is 37.1 Å². The monoisotopic (exact) mass is 613 g/mol. The number of carbonyl (C=O) groups excluding carboxylic acids is 1. The molecular formula is C34H30ClF2N5O2. The van der Waals surface area contributed by atoms with Crippen LogP contribution in [0.1, 0.15) is 18.4 Å². The number of alkyl halides is 1. The number of likely N-dealkylation sites (tertiary alicyclic amines) is 2. The largest absolute Gasteiger partial charge is 0.475 e. The maximum atomic E-state index is 16.7. The van der Waals surface area contributed by atoms with Gasteiger partial charge in [-0.3, -0.25) is 9.69 Å². The Bertz CT molecular complexity index is 1870. The molecule has 0 aliphatic carbocycles. The lowest BCUT2D eigenvalue weighted by Crippen LogP contribution is -2.63. The van der Waals surface area contributed by atoms with E-state index in [4.69, 9.17) is 16.3 Å². The van der Waals surface area contributed by atoms with Gasteiger partial charge in [-0.05, 0) is 49.0 Å². The van der Waals surface area contributed by atoms with Crippen LogP contribution in [0.15, 0.2) is 61.2 Å². The topological polar surface area (TPSA) is 72.7 Å². The maximum absolute atomic E-state index is 16.7. The summed E-state index contributed by atoms with van der Waals surface area (Å²) < 4.78 is 37.0. The summed E-state index contributed by atoms with van der Waals surface area (Å²) in [7, 11) is 1.83. The highest BCUT2D eigenvalue weighted by Crippen LogP contribution is 2.46. The summed E-state index contributed by atoms with van der Waals surface area (Å²) in [6, 6.07) is 16.7. The van der Waals surface area contributed by atoms with Gasteiger partial charge in [0.25, 0.3) is 0 Å². The number of ether oxygens (including phenoxy) is 1. The lowest BCUT2D eigenvalue weighted by molar-refractivity contribution is -0.127. The summed E-state index contributed by atoms with van der Waals surface area (Å²) in [6.07, 6.45) is 1.37. The van der Waals surface area contributed by atoms with Crippen LogP contribution in [-0.4, -0.2) is 78.3 Å². The SMILES string of the molecule is C=CC(=O)N1CC[C@@H]2[C@H]1CN2c1c(C#N)c(OC[C@@H]2C[C@@H](F)CN2C)nc2c(F)c(-c3cccc4cccc(Cl)c34)ccc12. The predicted molar refractivity (Wildman–Crippen MR) is 167 cm³/mol. The van der Waals surface area contributed by atoms with E-state index in [1.807, 2.05) is 42.3 Å². The van der Waals surface area contributed by atoms with E-state index in [0.717, 1.165) is 10.8 Å². The van der Waals surface area contributed by atoms with Gasteiger partial charge in [0, 0.05) is 47.0 Å². The molecule has 7 rings (SSSR count). The Morgan fingerprint density at radius 1 is 1.18 bits per heavy atom. The maximum Gasteiger partial charge on any atom is 0.246 e. The molecule has 4 atom stereocenters. The molecular weight excluding hydrogens is 584 g/mol. The molecule has 224 valence electrons. The van der Waals surface area contributed by atoms with Crippen LogP contribution in [0.25, 0.3) is 32.8 Å². The number of rotatable bonds is 6. The summed E-state index contributed by atoms with van der Waals surface area (Å²) in [6.45, 7) is 5.09. The number of fused-ring (bicyclic) bond motifs is 3. The average Bonchev–Trinajstić information content (AvgIpc) is 3.52. The highest BCUT2D eigenvalue weighted by Gasteiger charge is 2.49. The van der Waals surface area contributed by atoms with Crippen LogP contribution in [0.3, 0.4) is 0 Å². The third-order valence-corrected chi connectivity index (χ3v) is 9.70. The first-order chi connectivity index (χ1) is 21.3. The number of hydrogen-bond donors (Lipinski definition) is 0. The van der Waals surface area contributed by atoms with Gasteiger partial charge in [0.1, 0.15) is 29.9 Å². The molecule has 3 aliphatic rings. The summed E-state index contributed by atoms with van der Waals surface area (Å²) in [5.74, 6) is -0.671. The Morgan fingerprint density at radius 3 is 2.70 bits per heavy atom. The van der Waals surface area contributed by atoms with Crippen LogP contribution in [0, 0.1) is 17.1 Å². The molecule has 0 spiro atoms. The minimum atomic E-state index is -0.960. The smallest absolute Gasteiger partial charge is 0.246 e. The van der Waals surface area contributed by atoms with Crippen molar-refractivity contribution in [2.75, 3.05) is 38.2 Å². The zero-order valence-corrected chi connectivity index (χ0v) is 24.9. The van der Waals surface area contributed by atoms with Crippen LogP contribution >= 0.6 is 11.6 Å². The number of pyridine rings is 1. The molecule has 4 heterocycles. The molecule has 4 aromatic rings. The number of carbonyl (C=O) groups is 1. The normalized spacial score (nSPS) is 23.1. The van der Waals surface area contributed by atoms with Gasteiger partial charge in [-0.1, -0.05) is 54.6 Å². The van der Waals surface area contributed by atoms with Crippen molar-refractivity contribution in [3.63, 3.8) is 0 Å². The number of amides is 1. The van der Waals surface area contributed by atoms with Gasteiger partial charge in [0.05, 0.1) is 17.8 Å². The highest BCUT2D eigenvalue weighted by atomic mass is 35.5. The number of nitrogens with zero attached hydrogens (tertiary/aromatic N) is 5. The first kappa shape index (κ1) is 28.5. The molecule has 44 heavy (non-hydrogen) atoms. The Hall–Kier alpha value is -4.26. The van der Waals surface area contributed by atoms with Crippen molar-refractivity contribution in [3.8, 4) is 23.1 Å². The number of halogens is 3. The fourth-order valence-electron chi connectivity index (χ4n) is 7.14. The number of likely N-dealkylation sites (N-methyl/N-ethyl adjacent to an activating group) is 1. The highest BCUT2D eigenvalue weighted by molar-refractivity contribution is 6.36. The summed E-state index contributed by atoms with van der Waals surface area (Å²) in [4.78, 5) is 22.8. The minimum absolute atomic E-state index is 0.0122. The molecule has 0 saturated carbocycles. The quantitative estimate of drug-likeness (QED) is 0.244. The Morgan fingerprint density at radius 2 is 1.98 bits per heavy atom. The van der Waals surface area contributed by atoms with E-state index >= 15 is 4.39 Å². The molecule has 1 aromatic heterocycles. The van der Waals surface area contributed by atoms with Gasteiger partial charge < -0.3 is 14.5 Å². The van der Waals surface area contributed by atoms with Crippen LogP contribution in [0.2, 0.25) is 5.02 Å². The Labute approximate surface area is 258 Å². The molecule has 3 fully saturated rings. The standard InChI is InChI=1S/C34H30ClF2N5O2/c1-3-29(43)41-13-12-27-28(41)17-42(27)33-24-11-10-23(22-8-4-6-19-7-5-9-26(35)30(19)22)31(37)32(24)39-34(25(33)15-38)44-18-21-14-20(36)16-40(21)2/h3-11,20-21,27-28H,1,12-14,16-18H2,2H3/t20-,21+,27-,28-/m1/s1. The van der Waals surface area contributed by atoms with Gasteiger partial charge in [-0.2, -0.15) is 5.26 Å². The molecule has 1 amide bonds. The fourth-order valence-corrected chi connectivity index (χ4v) is 7.42. The second-order valence-corrected chi connectivity index (χ2v) is 12.2. The molecule has 0 bridgehead atoms. The number of hydrogen-bond acceptors (Lipinski definition) is 6. The van der Waals surface area contributed by atoms with Gasteiger partial charge >= 0.3 is 0 Å². The van der Waals surface area contributed by atoms with Gasteiger partial charge in [-0.25, -0.2) is 13.8 Å². The zero-order chi connectivity index (χ0) is 30.7. The molecule has 0 radical (unpaired) electrons. The van der Waals surface area contributed by atoms with Crippen molar-refractivity contribution in [1.82, 2.24) is 14.8 Å². The Kier molecular flexibility index (Phi) is 7.14. The zero-order valence-electron chi connectivity index (χ0n) is 24.1. The van der Waals surface area contributed by atoms with Crippen LogP contribution < -0.4 is 9.64 Å². The lowest BCUT2D eigenvalue weighted by atomic mass is 9.92. The van der Waals surface area contributed by atoms with Gasteiger partial charge in [0.2, 0.25) is 11.8 Å². The molecule has 0 unspecified atom stereocenters. The third kappa shape index (κ3) is 4.47. The van der Waals surface area contributed by atoms with E-state index in [1.54, 1.807) is 23.1 Å². The van der Waals surface area contributed by atoms with E-state index < -0.39 is 12.0 Å². The van der Waals surface area contributed by atoms with Crippen LogP contribution in [0.5, 0.6) is 5.88 Å². The summed E-state index contributed by atoms with van der Waals surface area (Å²) in [5, 5.41) is 13.0. The predicted octanol–water partition coefficient (Wildman–Crippen LogP) is 6.12. The van der Waals surface area contributed by atoms with Gasteiger partial charge in [-0.15, -0.1) is 0 Å². The van der Waals surface area contributed by atoms with Gasteiger partial charge in [0.15, 0.2) is 5.82 Å². The number of nitriles is 1. The molecule has 0 N–H and O–H groups in total.